The lowest BCUT2D eigenvalue weighted by Crippen LogP contribution is -2.37. The Morgan fingerprint density at radius 2 is 2.14 bits per heavy atom. The SMILES string of the molecule is C=CCN(CC(=O)OCC)C(=O)Cc1cccc(OC)c1. The lowest BCUT2D eigenvalue weighted by atomic mass is 10.1. The molecule has 0 heterocycles. The number of hydrogen-bond donors (Lipinski definition) is 0. The van der Waals surface area contributed by atoms with Crippen molar-refractivity contribution < 1.29 is 19.1 Å². The van der Waals surface area contributed by atoms with Gasteiger partial charge in [0.2, 0.25) is 5.91 Å². The second-order valence-corrected chi connectivity index (χ2v) is 4.40. The summed E-state index contributed by atoms with van der Waals surface area (Å²) < 4.78 is 9.99. The maximum absolute atomic E-state index is 12.3. The van der Waals surface area contributed by atoms with Crippen LogP contribution in [-0.4, -0.2) is 43.6 Å². The van der Waals surface area contributed by atoms with Crippen LogP contribution in [0.15, 0.2) is 36.9 Å². The Hall–Kier alpha value is -2.30. The van der Waals surface area contributed by atoms with E-state index in [2.05, 4.69) is 6.58 Å². The minimum Gasteiger partial charge on any atom is -0.497 e. The molecule has 0 aliphatic rings. The van der Waals surface area contributed by atoms with Gasteiger partial charge in [-0.1, -0.05) is 18.2 Å². The van der Waals surface area contributed by atoms with Crippen molar-refractivity contribution in [3.05, 3.63) is 42.5 Å². The molecule has 21 heavy (non-hydrogen) atoms. The summed E-state index contributed by atoms with van der Waals surface area (Å²) in [6, 6.07) is 7.28. The van der Waals surface area contributed by atoms with Crippen molar-refractivity contribution in [3.63, 3.8) is 0 Å². The highest BCUT2D eigenvalue weighted by atomic mass is 16.5. The van der Waals surface area contributed by atoms with Crippen LogP contribution in [0.5, 0.6) is 5.75 Å². The normalized spacial score (nSPS) is 9.81. The molecule has 5 heteroatoms. The molecule has 0 aliphatic carbocycles. The van der Waals surface area contributed by atoms with Gasteiger partial charge in [0, 0.05) is 6.54 Å². The van der Waals surface area contributed by atoms with Gasteiger partial charge in [0.15, 0.2) is 0 Å². The number of benzene rings is 1. The summed E-state index contributed by atoms with van der Waals surface area (Å²) in [5, 5.41) is 0. The molecule has 0 radical (unpaired) electrons. The van der Waals surface area contributed by atoms with Gasteiger partial charge in [-0.15, -0.1) is 6.58 Å². The monoisotopic (exact) mass is 291 g/mol. The van der Waals surface area contributed by atoms with Crippen molar-refractivity contribution in [1.82, 2.24) is 4.90 Å². The maximum atomic E-state index is 12.3. The molecule has 0 aliphatic heterocycles. The molecule has 1 aromatic carbocycles. The largest absolute Gasteiger partial charge is 0.497 e. The van der Waals surface area contributed by atoms with E-state index in [-0.39, 0.29) is 18.9 Å². The molecule has 0 unspecified atom stereocenters. The average Bonchev–Trinajstić information content (AvgIpc) is 2.47. The van der Waals surface area contributed by atoms with Crippen LogP contribution in [0, 0.1) is 0 Å². The highest BCUT2D eigenvalue weighted by Gasteiger charge is 2.17. The van der Waals surface area contributed by atoms with Gasteiger partial charge in [-0.3, -0.25) is 9.59 Å². The van der Waals surface area contributed by atoms with Crippen LogP contribution >= 0.6 is 0 Å². The number of rotatable bonds is 8. The molecule has 0 spiro atoms. The zero-order valence-corrected chi connectivity index (χ0v) is 12.5. The third-order valence-electron chi connectivity index (χ3n) is 2.82. The lowest BCUT2D eigenvalue weighted by molar-refractivity contribution is -0.148. The summed E-state index contributed by atoms with van der Waals surface area (Å²) in [6.07, 6.45) is 1.78. The van der Waals surface area contributed by atoms with E-state index in [0.717, 1.165) is 5.56 Å². The summed E-state index contributed by atoms with van der Waals surface area (Å²) in [5.74, 6) is 0.121. The summed E-state index contributed by atoms with van der Waals surface area (Å²) in [5.41, 5.74) is 0.831. The van der Waals surface area contributed by atoms with Crippen molar-refractivity contribution in [2.45, 2.75) is 13.3 Å². The molecule has 114 valence electrons. The van der Waals surface area contributed by atoms with Crippen molar-refractivity contribution >= 4 is 11.9 Å². The molecule has 0 fully saturated rings. The Morgan fingerprint density at radius 1 is 1.38 bits per heavy atom. The molecular formula is C16H21NO4. The predicted octanol–water partition coefficient (Wildman–Crippen LogP) is 1.82. The van der Waals surface area contributed by atoms with Crippen molar-refractivity contribution in [2.75, 3.05) is 26.8 Å². The highest BCUT2D eigenvalue weighted by molar-refractivity contribution is 5.83. The van der Waals surface area contributed by atoms with E-state index in [9.17, 15) is 9.59 Å². The molecule has 1 aromatic rings. The quantitative estimate of drug-likeness (QED) is 0.541. The maximum Gasteiger partial charge on any atom is 0.325 e. The van der Waals surface area contributed by atoms with Crippen LogP contribution < -0.4 is 4.74 Å². The van der Waals surface area contributed by atoms with E-state index in [1.165, 1.54) is 4.90 Å². The standard InChI is InChI=1S/C16H21NO4/c1-4-9-17(12-16(19)21-5-2)15(18)11-13-7-6-8-14(10-13)20-3/h4,6-8,10H,1,5,9,11-12H2,2-3H3. The number of carbonyl (C=O) groups is 2. The van der Waals surface area contributed by atoms with E-state index < -0.39 is 5.97 Å². The molecular weight excluding hydrogens is 270 g/mol. The van der Waals surface area contributed by atoms with Gasteiger partial charge < -0.3 is 14.4 Å². The van der Waals surface area contributed by atoms with Gasteiger partial charge in [-0.25, -0.2) is 0 Å². The second kappa shape index (κ2) is 8.79. The molecule has 0 bridgehead atoms. The van der Waals surface area contributed by atoms with Gasteiger partial charge in [0.25, 0.3) is 0 Å². The molecule has 1 amide bonds. The minimum absolute atomic E-state index is 0.0668. The van der Waals surface area contributed by atoms with Crippen LogP contribution in [0.1, 0.15) is 12.5 Å². The van der Waals surface area contributed by atoms with E-state index in [1.807, 2.05) is 18.2 Å². The third-order valence-corrected chi connectivity index (χ3v) is 2.82. The molecule has 0 aromatic heterocycles. The van der Waals surface area contributed by atoms with Crippen LogP contribution in [-0.2, 0) is 20.7 Å². The van der Waals surface area contributed by atoms with E-state index in [1.54, 1.807) is 26.2 Å². The van der Waals surface area contributed by atoms with E-state index in [0.29, 0.717) is 18.9 Å². The average molecular weight is 291 g/mol. The Bertz CT molecular complexity index is 499. The van der Waals surface area contributed by atoms with Gasteiger partial charge in [-0.2, -0.15) is 0 Å². The number of ether oxygens (including phenoxy) is 2. The summed E-state index contributed by atoms with van der Waals surface area (Å²) in [6.45, 7) is 5.87. The van der Waals surface area contributed by atoms with Crippen LogP contribution in [0.25, 0.3) is 0 Å². The fourth-order valence-electron chi connectivity index (χ4n) is 1.84. The molecule has 0 atom stereocenters. The first-order chi connectivity index (χ1) is 10.1. The summed E-state index contributed by atoms with van der Waals surface area (Å²) in [4.78, 5) is 25.2. The van der Waals surface area contributed by atoms with Crippen LogP contribution in [0.4, 0.5) is 0 Å². The zero-order chi connectivity index (χ0) is 15.7. The van der Waals surface area contributed by atoms with Gasteiger partial charge in [0.1, 0.15) is 12.3 Å². The molecule has 0 N–H and O–H groups in total. The van der Waals surface area contributed by atoms with Gasteiger partial charge in [-0.05, 0) is 24.6 Å². The highest BCUT2D eigenvalue weighted by Crippen LogP contribution is 2.13. The van der Waals surface area contributed by atoms with Crippen LogP contribution in [0.2, 0.25) is 0 Å². The fourth-order valence-corrected chi connectivity index (χ4v) is 1.84. The number of esters is 1. The Morgan fingerprint density at radius 3 is 2.76 bits per heavy atom. The summed E-state index contributed by atoms with van der Waals surface area (Å²) >= 11 is 0. The van der Waals surface area contributed by atoms with Crippen LogP contribution in [0.3, 0.4) is 0 Å². The van der Waals surface area contributed by atoms with Crippen molar-refractivity contribution in [1.29, 1.82) is 0 Å². The van der Waals surface area contributed by atoms with E-state index >= 15 is 0 Å². The second-order valence-electron chi connectivity index (χ2n) is 4.40. The number of nitrogens with zero attached hydrogens (tertiary/aromatic N) is 1. The Kier molecular flexibility index (Phi) is 7.01. The fraction of sp³-hybridized carbons (Fsp3) is 0.375. The number of hydrogen-bond acceptors (Lipinski definition) is 4. The number of amides is 1. The molecule has 1 rings (SSSR count). The third kappa shape index (κ3) is 5.69. The first-order valence-electron chi connectivity index (χ1n) is 6.78. The minimum atomic E-state index is -0.418. The topological polar surface area (TPSA) is 55.8 Å². The Balaban J connectivity index is 2.71. The number of carbonyl (C=O) groups excluding carboxylic acids is 2. The predicted molar refractivity (Wildman–Crippen MR) is 80.1 cm³/mol. The molecule has 5 nitrogen and oxygen atoms in total. The van der Waals surface area contributed by atoms with Gasteiger partial charge in [0.05, 0.1) is 20.1 Å². The molecule has 0 saturated carbocycles. The van der Waals surface area contributed by atoms with Crippen molar-refractivity contribution in [3.8, 4) is 5.75 Å². The zero-order valence-electron chi connectivity index (χ0n) is 12.5. The first kappa shape index (κ1) is 16.8. The molecule has 0 saturated heterocycles. The summed E-state index contributed by atoms with van der Waals surface area (Å²) in [7, 11) is 1.58. The van der Waals surface area contributed by atoms with Crippen molar-refractivity contribution in [2.24, 2.45) is 0 Å². The first-order valence-corrected chi connectivity index (χ1v) is 6.78. The Labute approximate surface area is 125 Å². The van der Waals surface area contributed by atoms with Gasteiger partial charge >= 0.3 is 5.97 Å². The van der Waals surface area contributed by atoms with E-state index in [4.69, 9.17) is 9.47 Å². The lowest BCUT2D eigenvalue weighted by Gasteiger charge is -2.20. The smallest absolute Gasteiger partial charge is 0.325 e. The number of methoxy groups -OCH3 is 1.